The van der Waals surface area contributed by atoms with Crippen molar-refractivity contribution in [1.29, 1.82) is 0 Å². The molecule has 1 aliphatic carbocycles. The molecule has 2 nitrogen and oxygen atoms in total. The number of hydrogen-bond acceptors (Lipinski definition) is 2. The van der Waals surface area contributed by atoms with Gasteiger partial charge in [-0.3, -0.25) is 0 Å². The first-order valence-electron chi connectivity index (χ1n) is 20.4. The summed E-state index contributed by atoms with van der Waals surface area (Å²) in [6, 6.07) is 74.4. The molecule has 0 saturated carbocycles. The maximum Gasteiger partial charge on any atom is 0.160 e. The highest BCUT2D eigenvalue weighted by atomic mass is 14.9. The molecule has 0 unspecified atom stereocenters. The van der Waals surface area contributed by atoms with Crippen LogP contribution in [0.25, 0.3) is 100.0 Å². The van der Waals surface area contributed by atoms with Crippen LogP contribution in [-0.2, 0) is 5.41 Å². The van der Waals surface area contributed by atoms with Crippen LogP contribution in [0.3, 0.4) is 0 Å². The quantitative estimate of drug-likeness (QED) is 0.169. The van der Waals surface area contributed by atoms with Crippen LogP contribution in [0.2, 0.25) is 0 Å². The molecule has 10 aromatic rings. The monoisotopic (exact) mass is 752 g/mol. The van der Waals surface area contributed by atoms with Crippen molar-refractivity contribution in [1.82, 2.24) is 9.97 Å². The van der Waals surface area contributed by atoms with Crippen LogP contribution >= 0.6 is 0 Å². The van der Waals surface area contributed by atoms with Crippen molar-refractivity contribution in [2.24, 2.45) is 0 Å². The normalized spacial score (nSPS) is 12.7. The summed E-state index contributed by atoms with van der Waals surface area (Å²) in [5.41, 5.74) is 17.4. The van der Waals surface area contributed by atoms with Gasteiger partial charge in [-0.1, -0.05) is 196 Å². The molecular formula is C57H40N2. The Kier molecular flexibility index (Phi) is 8.20. The maximum absolute atomic E-state index is 5.18. The van der Waals surface area contributed by atoms with Crippen molar-refractivity contribution in [3.05, 3.63) is 217 Å². The molecule has 0 radical (unpaired) electrons. The van der Waals surface area contributed by atoms with Gasteiger partial charge in [0.2, 0.25) is 0 Å². The summed E-state index contributed by atoms with van der Waals surface area (Å²) >= 11 is 0. The van der Waals surface area contributed by atoms with Gasteiger partial charge in [-0.2, -0.15) is 0 Å². The Bertz CT molecular complexity index is 3220. The predicted molar refractivity (Wildman–Crippen MR) is 247 cm³/mol. The number of rotatable bonds is 6. The fourth-order valence-electron chi connectivity index (χ4n) is 9.26. The van der Waals surface area contributed by atoms with Crippen LogP contribution in [0, 0.1) is 0 Å². The lowest BCUT2D eigenvalue weighted by molar-refractivity contribution is 0.661. The largest absolute Gasteiger partial charge is 0.228 e. The highest BCUT2D eigenvalue weighted by Crippen LogP contribution is 2.54. The Morgan fingerprint density at radius 1 is 0.322 bits per heavy atom. The molecule has 0 bridgehead atoms. The van der Waals surface area contributed by atoms with E-state index in [1.807, 2.05) is 18.2 Å². The summed E-state index contributed by atoms with van der Waals surface area (Å²) < 4.78 is 0. The average Bonchev–Trinajstić information content (AvgIpc) is 3.53. The van der Waals surface area contributed by atoms with Crippen LogP contribution < -0.4 is 0 Å². The minimum absolute atomic E-state index is 0.124. The maximum atomic E-state index is 5.18. The van der Waals surface area contributed by atoms with Gasteiger partial charge in [-0.25, -0.2) is 9.97 Å². The van der Waals surface area contributed by atoms with Crippen molar-refractivity contribution in [2.75, 3.05) is 0 Å². The van der Waals surface area contributed by atoms with Gasteiger partial charge in [0.25, 0.3) is 0 Å². The van der Waals surface area contributed by atoms with Gasteiger partial charge in [0.15, 0.2) is 5.82 Å². The average molecular weight is 753 g/mol. The smallest absolute Gasteiger partial charge is 0.160 e. The second-order valence-electron chi connectivity index (χ2n) is 16.2. The molecule has 9 aromatic carbocycles. The van der Waals surface area contributed by atoms with Crippen molar-refractivity contribution >= 4 is 21.5 Å². The van der Waals surface area contributed by atoms with Crippen LogP contribution in [0.4, 0.5) is 0 Å². The summed E-state index contributed by atoms with van der Waals surface area (Å²) in [4.78, 5) is 10.3. The van der Waals surface area contributed by atoms with Crippen molar-refractivity contribution in [3.63, 3.8) is 0 Å². The molecule has 0 atom stereocenters. The molecule has 1 heterocycles. The molecule has 0 saturated heterocycles. The van der Waals surface area contributed by atoms with E-state index in [0.717, 1.165) is 33.6 Å². The summed E-state index contributed by atoms with van der Waals surface area (Å²) in [5.74, 6) is 0.706. The van der Waals surface area contributed by atoms with Gasteiger partial charge in [0.1, 0.15) is 0 Å². The fraction of sp³-hybridized carbons (Fsp3) is 0.0526. The molecule has 1 aliphatic rings. The topological polar surface area (TPSA) is 25.8 Å². The van der Waals surface area contributed by atoms with Gasteiger partial charge in [0.05, 0.1) is 11.4 Å². The summed E-state index contributed by atoms with van der Waals surface area (Å²) in [6.45, 7) is 4.75. The zero-order valence-electron chi connectivity index (χ0n) is 33.0. The Balaban J connectivity index is 1.06. The Hall–Kier alpha value is -7.42. The zero-order chi connectivity index (χ0) is 39.5. The van der Waals surface area contributed by atoms with Gasteiger partial charge in [-0.05, 0) is 101 Å². The molecule has 278 valence electrons. The summed E-state index contributed by atoms with van der Waals surface area (Å²) in [6.07, 6.45) is 0. The molecular weight excluding hydrogens is 713 g/mol. The molecule has 0 N–H and O–H groups in total. The molecule has 59 heavy (non-hydrogen) atoms. The fourth-order valence-corrected chi connectivity index (χ4v) is 9.26. The number of aromatic nitrogens is 2. The van der Waals surface area contributed by atoms with Crippen LogP contribution in [-0.4, -0.2) is 9.97 Å². The first kappa shape index (κ1) is 34.8. The van der Waals surface area contributed by atoms with Gasteiger partial charge >= 0.3 is 0 Å². The predicted octanol–water partition coefficient (Wildman–Crippen LogP) is 15.1. The lowest BCUT2D eigenvalue weighted by Gasteiger charge is -2.22. The van der Waals surface area contributed by atoms with Crippen molar-refractivity contribution < 1.29 is 0 Å². The minimum atomic E-state index is -0.124. The third-order valence-corrected chi connectivity index (χ3v) is 12.3. The lowest BCUT2D eigenvalue weighted by atomic mass is 9.81. The summed E-state index contributed by atoms with van der Waals surface area (Å²) in [7, 11) is 0. The Morgan fingerprint density at radius 3 is 1.66 bits per heavy atom. The third-order valence-electron chi connectivity index (χ3n) is 12.3. The van der Waals surface area contributed by atoms with Crippen molar-refractivity contribution in [3.8, 4) is 78.4 Å². The van der Waals surface area contributed by atoms with Crippen LogP contribution in [0.1, 0.15) is 25.0 Å². The van der Waals surface area contributed by atoms with Crippen molar-refractivity contribution in [2.45, 2.75) is 19.3 Å². The minimum Gasteiger partial charge on any atom is -0.228 e. The molecule has 0 amide bonds. The van der Waals surface area contributed by atoms with E-state index in [4.69, 9.17) is 9.97 Å². The number of hydrogen-bond donors (Lipinski definition) is 0. The molecule has 1 aromatic heterocycles. The first-order valence-corrected chi connectivity index (χ1v) is 20.4. The molecule has 2 heteroatoms. The van der Waals surface area contributed by atoms with E-state index >= 15 is 0 Å². The van der Waals surface area contributed by atoms with E-state index in [9.17, 15) is 0 Å². The molecule has 0 fully saturated rings. The lowest BCUT2D eigenvalue weighted by Crippen LogP contribution is -2.14. The van der Waals surface area contributed by atoms with Gasteiger partial charge < -0.3 is 0 Å². The Morgan fingerprint density at radius 2 is 0.898 bits per heavy atom. The first-order chi connectivity index (χ1) is 29.0. The highest BCUT2D eigenvalue weighted by Gasteiger charge is 2.37. The summed E-state index contributed by atoms with van der Waals surface area (Å²) in [5, 5.41) is 5.01. The van der Waals surface area contributed by atoms with E-state index < -0.39 is 0 Å². The number of benzene rings is 9. The van der Waals surface area contributed by atoms with E-state index in [1.54, 1.807) is 0 Å². The second-order valence-corrected chi connectivity index (χ2v) is 16.2. The van der Waals surface area contributed by atoms with Gasteiger partial charge in [-0.15, -0.1) is 0 Å². The second kappa shape index (κ2) is 13.9. The van der Waals surface area contributed by atoms with E-state index in [2.05, 4.69) is 202 Å². The highest BCUT2D eigenvalue weighted by molar-refractivity contribution is 6.08. The molecule has 11 rings (SSSR count). The SMILES string of the molecule is CC1(C)c2cc3ccccc3cc2-c2c(-c3ccc4ccccc4c3-c3ccc(-c4cc(-c5cccc(-c6ccccc6)c5)nc(-c5ccccc5)n4)cc3)cccc21. The zero-order valence-corrected chi connectivity index (χ0v) is 33.0. The Labute approximate surface area is 345 Å². The van der Waals surface area contributed by atoms with Gasteiger partial charge in [0, 0.05) is 22.1 Å². The van der Waals surface area contributed by atoms with E-state index in [1.165, 1.54) is 71.6 Å². The van der Waals surface area contributed by atoms with Crippen LogP contribution in [0.5, 0.6) is 0 Å². The number of nitrogens with zero attached hydrogens (tertiary/aromatic N) is 2. The van der Waals surface area contributed by atoms with E-state index in [0.29, 0.717) is 5.82 Å². The third kappa shape index (κ3) is 5.96. The number of fused-ring (bicyclic) bond motifs is 5. The van der Waals surface area contributed by atoms with Crippen LogP contribution in [0.15, 0.2) is 206 Å². The molecule has 0 aliphatic heterocycles. The van der Waals surface area contributed by atoms with E-state index in [-0.39, 0.29) is 5.41 Å². The molecule has 0 spiro atoms. The standard InChI is InChI=1S/C57H40N2/c1-57(2)50-26-14-25-47(55(50)49-34-43-20-9-10-21-44(43)35-51(49)57)48-32-31-38-17-11-12-24-46(38)54(48)40-29-27-39(28-30-40)52-36-53(59-56(58-52)41-18-7-4-8-19-41)45-23-13-22-42(33-45)37-15-5-3-6-16-37/h3-36H,1-2H3.